The molecular weight excluding hydrogens is 252 g/mol. The average molecular weight is 270 g/mol. The highest BCUT2D eigenvalue weighted by Gasteiger charge is 2.13. The molecule has 2 amide bonds. The average Bonchev–Trinajstić information content (AvgIpc) is 2.77. The predicted molar refractivity (Wildman–Crippen MR) is 66.7 cm³/mol. The number of aliphatic hydroxyl groups is 1. The van der Waals surface area contributed by atoms with Gasteiger partial charge in [-0.1, -0.05) is 0 Å². The Labute approximate surface area is 110 Å². The standard InChI is InChI=1S/C11H18N4O4/c1-7-8(5-14-15-7)3-2-4-12-11(19)13-6-9(16)10(17)18/h5,9,16H,2-4,6H2,1H3,(H,14,15)(H,17,18)(H2,12,13,19)/t9-/m0/s1. The number of aromatic nitrogens is 2. The lowest BCUT2D eigenvalue weighted by atomic mass is 10.1. The van der Waals surface area contributed by atoms with Crippen molar-refractivity contribution < 1.29 is 19.8 Å². The van der Waals surface area contributed by atoms with Crippen molar-refractivity contribution in [1.29, 1.82) is 0 Å². The molecule has 1 aromatic rings. The van der Waals surface area contributed by atoms with Crippen LogP contribution in [0.4, 0.5) is 4.79 Å². The summed E-state index contributed by atoms with van der Waals surface area (Å²) in [4.78, 5) is 21.6. The highest BCUT2D eigenvalue weighted by atomic mass is 16.4. The van der Waals surface area contributed by atoms with Gasteiger partial charge in [-0.25, -0.2) is 9.59 Å². The first-order valence-electron chi connectivity index (χ1n) is 5.92. The third-order valence-electron chi connectivity index (χ3n) is 2.58. The monoisotopic (exact) mass is 270 g/mol. The molecule has 0 aliphatic carbocycles. The number of nitrogens with zero attached hydrogens (tertiary/aromatic N) is 1. The Morgan fingerprint density at radius 3 is 2.79 bits per heavy atom. The molecule has 0 aliphatic heterocycles. The maximum atomic E-state index is 11.3. The van der Waals surface area contributed by atoms with E-state index < -0.39 is 18.1 Å². The Balaban J connectivity index is 2.11. The maximum Gasteiger partial charge on any atom is 0.334 e. The van der Waals surface area contributed by atoms with Gasteiger partial charge in [-0.15, -0.1) is 0 Å². The summed E-state index contributed by atoms with van der Waals surface area (Å²) in [6.45, 7) is 2.07. The van der Waals surface area contributed by atoms with E-state index in [4.69, 9.17) is 10.2 Å². The van der Waals surface area contributed by atoms with Gasteiger partial charge < -0.3 is 20.8 Å². The summed E-state index contributed by atoms with van der Waals surface area (Å²) in [5.74, 6) is -1.37. The molecule has 0 spiro atoms. The number of carbonyl (C=O) groups is 2. The fourth-order valence-corrected chi connectivity index (χ4v) is 1.45. The number of aliphatic carboxylic acids is 1. The molecule has 0 bridgehead atoms. The van der Waals surface area contributed by atoms with Crippen molar-refractivity contribution in [2.45, 2.75) is 25.9 Å². The zero-order chi connectivity index (χ0) is 14.3. The fraction of sp³-hybridized carbons (Fsp3) is 0.545. The molecule has 1 rings (SSSR count). The van der Waals surface area contributed by atoms with Gasteiger partial charge in [-0.05, 0) is 25.3 Å². The molecule has 0 aromatic carbocycles. The van der Waals surface area contributed by atoms with Gasteiger partial charge in [-0.2, -0.15) is 5.10 Å². The number of amides is 2. The molecule has 8 heteroatoms. The SMILES string of the molecule is Cc1[nH]ncc1CCCNC(=O)NC[C@H](O)C(=O)O. The van der Waals surface area contributed by atoms with Crippen LogP contribution in [0.5, 0.6) is 0 Å². The summed E-state index contributed by atoms with van der Waals surface area (Å²) in [5.41, 5.74) is 2.11. The van der Waals surface area contributed by atoms with Crippen LogP contribution >= 0.6 is 0 Å². The first kappa shape index (κ1) is 15.0. The highest BCUT2D eigenvalue weighted by molar-refractivity contribution is 5.76. The number of hydrogen-bond acceptors (Lipinski definition) is 4. The summed E-state index contributed by atoms with van der Waals surface area (Å²) in [6.07, 6.45) is 1.70. The van der Waals surface area contributed by atoms with Crippen LogP contribution in [0.15, 0.2) is 6.20 Å². The van der Waals surface area contributed by atoms with Crippen molar-refractivity contribution in [2.75, 3.05) is 13.1 Å². The Morgan fingerprint density at radius 2 is 2.21 bits per heavy atom. The number of carboxylic acids is 1. The van der Waals surface area contributed by atoms with Crippen LogP contribution in [-0.2, 0) is 11.2 Å². The third-order valence-corrected chi connectivity index (χ3v) is 2.58. The van der Waals surface area contributed by atoms with Gasteiger partial charge in [0.05, 0.1) is 12.7 Å². The second-order valence-corrected chi connectivity index (χ2v) is 4.11. The molecule has 1 heterocycles. The normalized spacial score (nSPS) is 11.9. The van der Waals surface area contributed by atoms with Crippen LogP contribution in [0.3, 0.4) is 0 Å². The molecule has 19 heavy (non-hydrogen) atoms. The molecule has 5 N–H and O–H groups in total. The van der Waals surface area contributed by atoms with Crippen molar-refractivity contribution in [2.24, 2.45) is 0 Å². The quantitative estimate of drug-likeness (QED) is 0.423. The Hall–Kier alpha value is -2.09. The van der Waals surface area contributed by atoms with Crippen molar-refractivity contribution >= 4 is 12.0 Å². The molecule has 0 radical (unpaired) electrons. The number of aryl methyl sites for hydroxylation is 2. The van der Waals surface area contributed by atoms with Crippen LogP contribution in [0.2, 0.25) is 0 Å². The molecule has 106 valence electrons. The zero-order valence-corrected chi connectivity index (χ0v) is 10.6. The summed E-state index contributed by atoms with van der Waals surface area (Å²) in [5, 5.41) is 28.9. The molecule has 1 atom stereocenters. The number of carboxylic acid groups (broad SMARTS) is 1. The lowest BCUT2D eigenvalue weighted by Crippen LogP contribution is -2.42. The van der Waals surface area contributed by atoms with Gasteiger partial charge in [-0.3, -0.25) is 5.10 Å². The number of H-pyrrole nitrogens is 1. The van der Waals surface area contributed by atoms with E-state index in [2.05, 4.69) is 20.8 Å². The van der Waals surface area contributed by atoms with Gasteiger partial charge in [0.2, 0.25) is 0 Å². The fourth-order valence-electron chi connectivity index (χ4n) is 1.45. The highest BCUT2D eigenvalue weighted by Crippen LogP contribution is 2.04. The van der Waals surface area contributed by atoms with E-state index >= 15 is 0 Å². The van der Waals surface area contributed by atoms with E-state index in [1.54, 1.807) is 6.20 Å². The van der Waals surface area contributed by atoms with Crippen molar-refractivity contribution in [1.82, 2.24) is 20.8 Å². The van der Waals surface area contributed by atoms with Crippen LogP contribution < -0.4 is 10.6 Å². The molecule has 0 unspecified atom stereocenters. The van der Waals surface area contributed by atoms with E-state index in [1.165, 1.54) is 0 Å². The van der Waals surface area contributed by atoms with Gasteiger partial charge in [0.1, 0.15) is 0 Å². The Bertz CT molecular complexity index is 432. The minimum atomic E-state index is -1.58. The molecule has 0 aliphatic rings. The van der Waals surface area contributed by atoms with E-state index in [9.17, 15) is 9.59 Å². The zero-order valence-electron chi connectivity index (χ0n) is 10.6. The summed E-state index contributed by atoms with van der Waals surface area (Å²) in [6, 6.07) is -0.496. The molecule has 0 fully saturated rings. The van der Waals surface area contributed by atoms with Crippen molar-refractivity contribution in [3.05, 3.63) is 17.5 Å². The first-order valence-corrected chi connectivity index (χ1v) is 5.92. The summed E-state index contributed by atoms with van der Waals surface area (Å²) >= 11 is 0. The van der Waals surface area contributed by atoms with Crippen LogP contribution in [0, 0.1) is 6.92 Å². The van der Waals surface area contributed by atoms with E-state index in [0.717, 1.165) is 24.1 Å². The molecule has 1 aromatic heterocycles. The number of rotatable bonds is 7. The van der Waals surface area contributed by atoms with E-state index in [0.29, 0.717) is 6.54 Å². The number of carbonyl (C=O) groups excluding carboxylic acids is 1. The minimum Gasteiger partial charge on any atom is -0.479 e. The van der Waals surface area contributed by atoms with Crippen molar-refractivity contribution in [3.63, 3.8) is 0 Å². The van der Waals surface area contributed by atoms with Crippen LogP contribution in [0.1, 0.15) is 17.7 Å². The van der Waals surface area contributed by atoms with E-state index in [1.807, 2.05) is 6.92 Å². The van der Waals surface area contributed by atoms with Crippen molar-refractivity contribution in [3.8, 4) is 0 Å². The summed E-state index contributed by atoms with van der Waals surface area (Å²) in [7, 11) is 0. The van der Waals surface area contributed by atoms with Gasteiger partial charge >= 0.3 is 12.0 Å². The maximum absolute atomic E-state index is 11.3. The van der Waals surface area contributed by atoms with Crippen LogP contribution in [-0.4, -0.2) is 51.6 Å². The van der Waals surface area contributed by atoms with Gasteiger partial charge in [0.25, 0.3) is 0 Å². The smallest absolute Gasteiger partial charge is 0.334 e. The van der Waals surface area contributed by atoms with Gasteiger partial charge in [0.15, 0.2) is 6.10 Å². The first-order chi connectivity index (χ1) is 9.00. The number of aromatic amines is 1. The molecule has 8 nitrogen and oxygen atoms in total. The topological polar surface area (TPSA) is 127 Å². The lowest BCUT2D eigenvalue weighted by molar-refractivity contribution is -0.146. The predicted octanol–water partition coefficient (Wildman–Crippen LogP) is -0.605. The Morgan fingerprint density at radius 1 is 1.47 bits per heavy atom. The second-order valence-electron chi connectivity index (χ2n) is 4.11. The number of hydrogen-bond donors (Lipinski definition) is 5. The third kappa shape index (κ3) is 5.38. The van der Waals surface area contributed by atoms with E-state index in [-0.39, 0.29) is 6.54 Å². The molecule has 0 saturated heterocycles. The largest absolute Gasteiger partial charge is 0.479 e. The number of urea groups is 1. The number of nitrogens with one attached hydrogen (secondary N) is 3. The second kappa shape index (κ2) is 7.37. The lowest BCUT2D eigenvalue weighted by Gasteiger charge is -2.09. The van der Waals surface area contributed by atoms with Crippen LogP contribution in [0.25, 0.3) is 0 Å². The number of aliphatic hydroxyl groups excluding tert-OH is 1. The minimum absolute atomic E-state index is 0.317. The molecule has 0 saturated carbocycles. The Kier molecular flexibility index (Phi) is 5.80. The van der Waals surface area contributed by atoms with Gasteiger partial charge in [0, 0.05) is 12.2 Å². The summed E-state index contributed by atoms with van der Waals surface area (Å²) < 4.78 is 0. The molecular formula is C11H18N4O4.